The second-order valence-electron chi connectivity index (χ2n) is 7.20. The number of aryl methyl sites for hydroxylation is 1. The molecule has 1 aromatic carbocycles. The maximum Gasteiger partial charge on any atom is 0.257 e. The molecule has 5 heteroatoms. The molecule has 1 saturated carbocycles. The fourth-order valence-corrected chi connectivity index (χ4v) is 4.79. The molecule has 0 aliphatic heterocycles. The van der Waals surface area contributed by atoms with Crippen LogP contribution in [-0.4, -0.2) is 24.2 Å². The minimum Gasteiger partial charge on any atom is -0.484 e. The quantitative estimate of drug-likeness (QED) is 0.768. The standard InChI is InChI=1S/C21H27NO3S/c1-15-7-3-4-8-17(15)25-13-20(24)22-14-21(11-5-6-12-21)19-10-9-18(26-19)16(2)23/h3-4,7-10,16,23H,5-6,11-14H2,1-2H3,(H,22,24)/t16-/m1/s1. The monoisotopic (exact) mass is 373 g/mol. The first-order valence-corrected chi connectivity index (χ1v) is 10.1. The predicted octanol–water partition coefficient (Wildman–Crippen LogP) is 4.12. The molecule has 1 aliphatic rings. The Bertz CT molecular complexity index is 747. The van der Waals surface area contributed by atoms with E-state index in [1.807, 2.05) is 37.3 Å². The van der Waals surface area contributed by atoms with Crippen LogP contribution < -0.4 is 10.1 Å². The van der Waals surface area contributed by atoms with Crippen molar-refractivity contribution in [1.29, 1.82) is 0 Å². The zero-order valence-electron chi connectivity index (χ0n) is 15.5. The highest BCUT2D eigenvalue weighted by atomic mass is 32.1. The van der Waals surface area contributed by atoms with Crippen LogP contribution >= 0.6 is 11.3 Å². The molecule has 1 atom stereocenters. The SMILES string of the molecule is Cc1ccccc1OCC(=O)NCC1(c2ccc([C@@H](C)O)s2)CCCC1. The molecule has 26 heavy (non-hydrogen) atoms. The number of hydrogen-bond acceptors (Lipinski definition) is 4. The zero-order valence-corrected chi connectivity index (χ0v) is 16.3. The molecular weight excluding hydrogens is 346 g/mol. The molecule has 0 saturated heterocycles. The topological polar surface area (TPSA) is 58.6 Å². The van der Waals surface area contributed by atoms with Gasteiger partial charge in [0.2, 0.25) is 0 Å². The highest BCUT2D eigenvalue weighted by Crippen LogP contribution is 2.44. The number of carbonyl (C=O) groups is 1. The first kappa shape index (κ1) is 18.9. The number of aliphatic hydroxyl groups is 1. The summed E-state index contributed by atoms with van der Waals surface area (Å²) in [5.41, 5.74) is 1.02. The van der Waals surface area contributed by atoms with Gasteiger partial charge in [-0.25, -0.2) is 0 Å². The first-order chi connectivity index (χ1) is 12.5. The molecule has 0 radical (unpaired) electrons. The number of hydrogen-bond donors (Lipinski definition) is 2. The van der Waals surface area contributed by atoms with Crippen LogP contribution in [0.2, 0.25) is 0 Å². The van der Waals surface area contributed by atoms with E-state index in [1.165, 1.54) is 17.7 Å². The smallest absolute Gasteiger partial charge is 0.257 e. The third-order valence-electron chi connectivity index (χ3n) is 5.20. The van der Waals surface area contributed by atoms with Crippen LogP contribution in [0.4, 0.5) is 0 Å². The highest BCUT2D eigenvalue weighted by molar-refractivity contribution is 7.12. The third kappa shape index (κ3) is 4.27. The van der Waals surface area contributed by atoms with E-state index in [-0.39, 0.29) is 17.9 Å². The number of benzene rings is 1. The zero-order chi connectivity index (χ0) is 18.6. The van der Waals surface area contributed by atoms with Crippen LogP contribution in [0.3, 0.4) is 0 Å². The summed E-state index contributed by atoms with van der Waals surface area (Å²) in [6.45, 7) is 4.42. The van der Waals surface area contributed by atoms with E-state index in [4.69, 9.17) is 4.74 Å². The third-order valence-corrected chi connectivity index (χ3v) is 6.70. The number of carbonyl (C=O) groups excluding carboxylic acids is 1. The molecule has 1 amide bonds. The van der Waals surface area contributed by atoms with Crippen molar-refractivity contribution in [2.24, 2.45) is 0 Å². The number of aliphatic hydroxyl groups excluding tert-OH is 1. The van der Waals surface area contributed by atoms with Crippen LogP contribution in [0.1, 0.15) is 54.0 Å². The Balaban J connectivity index is 1.60. The Morgan fingerprint density at radius 1 is 1.27 bits per heavy atom. The van der Waals surface area contributed by atoms with Crippen molar-refractivity contribution in [3.63, 3.8) is 0 Å². The molecule has 3 rings (SSSR count). The van der Waals surface area contributed by atoms with Gasteiger partial charge >= 0.3 is 0 Å². The normalized spacial score (nSPS) is 17.0. The molecule has 2 N–H and O–H groups in total. The van der Waals surface area contributed by atoms with E-state index in [2.05, 4.69) is 11.4 Å². The van der Waals surface area contributed by atoms with Crippen molar-refractivity contribution < 1.29 is 14.6 Å². The van der Waals surface area contributed by atoms with E-state index in [0.717, 1.165) is 29.0 Å². The van der Waals surface area contributed by atoms with Gasteiger partial charge in [0.15, 0.2) is 6.61 Å². The molecule has 1 fully saturated rings. The fourth-order valence-electron chi connectivity index (χ4n) is 3.60. The first-order valence-electron chi connectivity index (χ1n) is 9.24. The number of amides is 1. The lowest BCUT2D eigenvalue weighted by Crippen LogP contribution is -2.40. The summed E-state index contributed by atoms with van der Waals surface area (Å²) in [5.74, 6) is 0.657. The summed E-state index contributed by atoms with van der Waals surface area (Å²) in [7, 11) is 0. The van der Waals surface area contributed by atoms with Crippen LogP contribution in [0.25, 0.3) is 0 Å². The van der Waals surface area contributed by atoms with Crippen molar-refractivity contribution in [2.45, 2.75) is 51.0 Å². The van der Waals surface area contributed by atoms with Crippen LogP contribution in [0.15, 0.2) is 36.4 Å². The van der Waals surface area contributed by atoms with E-state index < -0.39 is 6.10 Å². The molecular formula is C21H27NO3S. The minimum atomic E-state index is -0.440. The van der Waals surface area contributed by atoms with Crippen LogP contribution in [0, 0.1) is 6.92 Å². The molecule has 1 aliphatic carbocycles. The summed E-state index contributed by atoms with van der Waals surface area (Å²) in [4.78, 5) is 14.6. The van der Waals surface area contributed by atoms with Crippen molar-refractivity contribution in [3.05, 3.63) is 51.7 Å². The van der Waals surface area contributed by atoms with Gasteiger partial charge in [-0.3, -0.25) is 4.79 Å². The number of thiophene rings is 1. The van der Waals surface area contributed by atoms with Gasteiger partial charge in [-0.15, -0.1) is 11.3 Å². The fraction of sp³-hybridized carbons (Fsp3) is 0.476. The summed E-state index contributed by atoms with van der Waals surface area (Å²) >= 11 is 1.67. The van der Waals surface area contributed by atoms with Gasteiger partial charge in [0, 0.05) is 21.7 Å². The molecule has 0 unspecified atom stereocenters. The molecule has 1 heterocycles. The lowest BCUT2D eigenvalue weighted by molar-refractivity contribution is -0.123. The Hall–Kier alpha value is -1.85. The van der Waals surface area contributed by atoms with Crippen molar-refractivity contribution in [1.82, 2.24) is 5.32 Å². The lowest BCUT2D eigenvalue weighted by atomic mass is 9.84. The Morgan fingerprint density at radius 2 is 2.00 bits per heavy atom. The van der Waals surface area contributed by atoms with Crippen molar-refractivity contribution >= 4 is 17.2 Å². The Labute approximate surface area is 159 Å². The van der Waals surface area contributed by atoms with Gasteiger partial charge in [0.1, 0.15) is 5.75 Å². The molecule has 0 spiro atoms. The summed E-state index contributed by atoms with van der Waals surface area (Å²) < 4.78 is 5.65. The molecule has 0 bridgehead atoms. The molecule has 140 valence electrons. The van der Waals surface area contributed by atoms with Gasteiger partial charge < -0.3 is 15.2 Å². The average molecular weight is 374 g/mol. The van der Waals surface area contributed by atoms with Gasteiger partial charge in [-0.2, -0.15) is 0 Å². The molecule has 1 aromatic heterocycles. The molecule has 2 aromatic rings. The summed E-state index contributed by atoms with van der Waals surface area (Å²) in [6.07, 6.45) is 4.07. The highest BCUT2D eigenvalue weighted by Gasteiger charge is 2.37. The predicted molar refractivity (Wildman–Crippen MR) is 105 cm³/mol. The van der Waals surface area contributed by atoms with Gasteiger partial charge in [0.25, 0.3) is 5.91 Å². The maximum atomic E-state index is 12.3. The lowest BCUT2D eigenvalue weighted by Gasteiger charge is -2.28. The van der Waals surface area contributed by atoms with E-state index in [1.54, 1.807) is 18.3 Å². The number of ether oxygens (including phenoxy) is 1. The van der Waals surface area contributed by atoms with Gasteiger partial charge in [-0.05, 0) is 50.5 Å². The molecule has 4 nitrogen and oxygen atoms in total. The summed E-state index contributed by atoms with van der Waals surface area (Å²) in [6, 6.07) is 11.8. The number of rotatable bonds is 7. The van der Waals surface area contributed by atoms with E-state index in [9.17, 15) is 9.90 Å². The largest absolute Gasteiger partial charge is 0.484 e. The van der Waals surface area contributed by atoms with E-state index in [0.29, 0.717) is 6.54 Å². The van der Waals surface area contributed by atoms with Gasteiger partial charge in [0.05, 0.1) is 6.10 Å². The average Bonchev–Trinajstić information content (AvgIpc) is 3.29. The van der Waals surface area contributed by atoms with Crippen LogP contribution in [-0.2, 0) is 10.2 Å². The minimum absolute atomic E-state index is 0.00384. The second-order valence-corrected chi connectivity index (χ2v) is 8.31. The van der Waals surface area contributed by atoms with Crippen LogP contribution in [0.5, 0.6) is 5.75 Å². The maximum absolute atomic E-state index is 12.3. The van der Waals surface area contributed by atoms with Gasteiger partial charge in [-0.1, -0.05) is 31.0 Å². The number of para-hydroxylation sites is 1. The summed E-state index contributed by atoms with van der Waals surface area (Å²) in [5, 5.41) is 12.9. The second kappa shape index (κ2) is 8.23. The van der Waals surface area contributed by atoms with Crippen molar-refractivity contribution in [2.75, 3.05) is 13.2 Å². The van der Waals surface area contributed by atoms with E-state index >= 15 is 0 Å². The Morgan fingerprint density at radius 3 is 2.65 bits per heavy atom. The van der Waals surface area contributed by atoms with Crippen molar-refractivity contribution in [3.8, 4) is 5.75 Å². The Kier molecular flexibility index (Phi) is 5.99. The number of nitrogens with one attached hydrogen (secondary N) is 1.